The number of nitrogens with one attached hydrogen (secondary N) is 1. The number of carbonyl (C=O) groups excluding carboxylic acids is 1. The van der Waals surface area contributed by atoms with E-state index in [-0.39, 0.29) is 11.7 Å². The molecule has 2 heterocycles. The second-order valence-corrected chi connectivity index (χ2v) is 5.42. The summed E-state index contributed by atoms with van der Waals surface area (Å²) in [6.07, 6.45) is 3.28. The Bertz CT molecular complexity index is 570. The van der Waals surface area contributed by atoms with Gasteiger partial charge in [0.1, 0.15) is 0 Å². The molecule has 0 spiro atoms. The van der Waals surface area contributed by atoms with Crippen LogP contribution in [0.5, 0.6) is 0 Å². The maximum atomic E-state index is 11.7. The quantitative estimate of drug-likeness (QED) is 0.670. The molecule has 0 atom stereocenters. The maximum absolute atomic E-state index is 11.7. The van der Waals surface area contributed by atoms with E-state index < -0.39 is 0 Å². The van der Waals surface area contributed by atoms with Crippen molar-refractivity contribution in [3.05, 3.63) is 46.0 Å². The molecule has 1 amide bonds. The molecule has 0 saturated carbocycles. The fourth-order valence-corrected chi connectivity index (χ4v) is 2.53. The Kier molecular flexibility index (Phi) is 4.52. The van der Waals surface area contributed by atoms with E-state index in [0.717, 1.165) is 23.4 Å². The Balaban J connectivity index is 2.11. The lowest BCUT2D eigenvalue weighted by molar-refractivity contribution is 0.0927. The minimum atomic E-state index is -0.327. The largest absolute Gasteiger partial charge is 0.459 e. The summed E-state index contributed by atoms with van der Waals surface area (Å²) in [4.78, 5) is 14.1. The van der Waals surface area contributed by atoms with E-state index in [0.29, 0.717) is 0 Å². The summed E-state index contributed by atoms with van der Waals surface area (Å²) in [5.74, 6) is -0.0613. The Morgan fingerprint density at radius 2 is 2.26 bits per heavy atom. The highest BCUT2D eigenvalue weighted by atomic mass is 32.1. The zero-order valence-electron chi connectivity index (χ0n) is 11.0. The molecule has 0 aromatic carbocycles. The predicted octanol–water partition coefficient (Wildman–Crippen LogP) is 3.58. The number of aryl methyl sites for hydroxylation is 1. The molecule has 0 radical (unpaired) electrons. The van der Waals surface area contributed by atoms with Gasteiger partial charge in [-0.3, -0.25) is 4.79 Å². The molecule has 5 heteroatoms. The van der Waals surface area contributed by atoms with Crippen LogP contribution in [0.2, 0.25) is 0 Å². The number of thiophene rings is 1. The lowest BCUT2D eigenvalue weighted by atomic mass is 10.2. The molecule has 4 nitrogen and oxygen atoms in total. The van der Waals surface area contributed by atoms with Crippen LogP contribution < -0.4 is 5.43 Å². The Morgan fingerprint density at radius 3 is 2.84 bits per heavy atom. The number of hydrogen-bond acceptors (Lipinski definition) is 4. The van der Waals surface area contributed by atoms with Gasteiger partial charge >= 0.3 is 5.91 Å². The van der Waals surface area contributed by atoms with Gasteiger partial charge < -0.3 is 4.42 Å². The smallest absolute Gasteiger partial charge is 0.307 e. The minimum absolute atomic E-state index is 0.266. The molecule has 2 aromatic heterocycles. The van der Waals surface area contributed by atoms with Crippen LogP contribution in [-0.2, 0) is 0 Å². The molecule has 2 aromatic rings. The van der Waals surface area contributed by atoms with Gasteiger partial charge in [0.2, 0.25) is 0 Å². The van der Waals surface area contributed by atoms with Crippen molar-refractivity contribution in [2.45, 2.75) is 26.7 Å². The molecule has 100 valence electrons. The molecular weight excluding hydrogens is 260 g/mol. The first-order valence-corrected chi connectivity index (χ1v) is 6.99. The fraction of sp³-hybridized carbons (Fsp3) is 0.286. The lowest BCUT2D eigenvalue weighted by Gasteiger charge is -2.03. The van der Waals surface area contributed by atoms with Crippen molar-refractivity contribution < 1.29 is 9.21 Å². The first-order chi connectivity index (χ1) is 9.20. The molecule has 0 saturated heterocycles. The van der Waals surface area contributed by atoms with Gasteiger partial charge in [-0.15, -0.1) is 11.3 Å². The molecule has 1 N–H and O–H groups in total. The van der Waals surface area contributed by atoms with E-state index in [2.05, 4.69) is 30.4 Å². The molecule has 0 unspecified atom stereocenters. The summed E-state index contributed by atoms with van der Waals surface area (Å²) in [6, 6.07) is 7.38. The van der Waals surface area contributed by atoms with Gasteiger partial charge in [0.25, 0.3) is 0 Å². The molecule has 2 rings (SSSR count). The molecule has 0 aliphatic heterocycles. The van der Waals surface area contributed by atoms with Crippen LogP contribution in [0, 0.1) is 6.92 Å². The normalized spacial score (nSPS) is 11.6. The van der Waals surface area contributed by atoms with Crippen molar-refractivity contribution in [3.63, 3.8) is 0 Å². The van der Waals surface area contributed by atoms with Crippen LogP contribution in [0.1, 0.15) is 40.1 Å². The summed E-state index contributed by atoms with van der Waals surface area (Å²) >= 11 is 1.68. The number of rotatable bonds is 5. The molecule has 0 aliphatic rings. The van der Waals surface area contributed by atoms with Crippen LogP contribution in [0.3, 0.4) is 0 Å². The van der Waals surface area contributed by atoms with Crippen molar-refractivity contribution in [3.8, 4) is 0 Å². The summed E-state index contributed by atoms with van der Waals surface area (Å²) in [5.41, 5.74) is 3.44. The lowest BCUT2D eigenvalue weighted by Crippen LogP contribution is -2.19. The number of carbonyl (C=O) groups is 1. The summed E-state index contributed by atoms with van der Waals surface area (Å²) in [5, 5.41) is 4.22. The fourth-order valence-electron chi connectivity index (χ4n) is 1.64. The summed E-state index contributed by atoms with van der Waals surface area (Å²) < 4.78 is 5.02. The van der Waals surface area contributed by atoms with Gasteiger partial charge in [-0.05, 0) is 37.6 Å². The van der Waals surface area contributed by atoms with E-state index in [4.69, 9.17) is 4.42 Å². The Labute approximate surface area is 116 Å². The first kappa shape index (κ1) is 13.5. The van der Waals surface area contributed by atoms with Crippen LogP contribution in [0.25, 0.3) is 0 Å². The molecule has 19 heavy (non-hydrogen) atoms. The Hall–Kier alpha value is -1.88. The third-order valence-electron chi connectivity index (χ3n) is 2.55. The highest BCUT2D eigenvalue weighted by molar-refractivity contribution is 7.14. The monoisotopic (exact) mass is 276 g/mol. The van der Waals surface area contributed by atoms with Crippen molar-refractivity contribution in [1.82, 2.24) is 5.43 Å². The van der Waals surface area contributed by atoms with Gasteiger partial charge in [0, 0.05) is 4.88 Å². The van der Waals surface area contributed by atoms with Crippen molar-refractivity contribution in [2.75, 3.05) is 0 Å². The summed E-state index contributed by atoms with van der Waals surface area (Å²) in [6.45, 7) is 4.14. The third-order valence-corrected chi connectivity index (χ3v) is 3.60. The van der Waals surface area contributed by atoms with E-state index in [1.54, 1.807) is 23.5 Å². The average Bonchev–Trinajstić information content (AvgIpc) is 3.05. The SMILES string of the molecule is CCC/C(=N\NC(=O)c1ccco1)c1ccc(C)s1. The van der Waals surface area contributed by atoms with Crippen LogP contribution in [0.4, 0.5) is 0 Å². The number of amides is 1. The molecule has 0 aliphatic carbocycles. The van der Waals surface area contributed by atoms with Crippen molar-refractivity contribution >= 4 is 23.0 Å². The number of furan rings is 1. The van der Waals surface area contributed by atoms with Crippen LogP contribution in [0.15, 0.2) is 40.0 Å². The van der Waals surface area contributed by atoms with Crippen LogP contribution >= 0.6 is 11.3 Å². The minimum Gasteiger partial charge on any atom is -0.459 e. The highest BCUT2D eigenvalue weighted by Crippen LogP contribution is 2.18. The number of hydrazone groups is 1. The molecular formula is C14H16N2O2S. The van der Waals surface area contributed by atoms with E-state index in [1.165, 1.54) is 11.1 Å². The van der Waals surface area contributed by atoms with Gasteiger partial charge in [-0.25, -0.2) is 5.43 Å². The second kappa shape index (κ2) is 6.33. The zero-order chi connectivity index (χ0) is 13.7. The molecule has 0 bridgehead atoms. The topological polar surface area (TPSA) is 54.6 Å². The van der Waals surface area contributed by atoms with E-state index in [9.17, 15) is 4.79 Å². The average molecular weight is 276 g/mol. The van der Waals surface area contributed by atoms with Crippen molar-refractivity contribution in [1.29, 1.82) is 0 Å². The first-order valence-electron chi connectivity index (χ1n) is 6.18. The zero-order valence-corrected chi connectivity index (χ0v) is 11.8. The number of nitrogens with zero attached hydrogens (tertiary/aromatic N) is 1. The summed E-state index contributed by atoms with van der Waals surface area (Å²) in [7, 11) is 0. The van der Waals surface area contributed by atoms with Gasteiger partial charge in [0.15, 0.2) is 5.76 Å². The van der Waals surface area contributed by atoms with Gasteiger partial charge in [-0.2, -0.15) is 5.10 Å². The van der Waals surface area contributed by atoms with Gasteiger partial charge in [0.05, 0.1) is 16.9 Å². The van der Waals surface area contributed by atoms with E-state index >= 15 is 0 Å². The van der Waals surface area contributed by atoms with Crippen LogP contribution in [-0.4, -0.2) is 11.6 Å². The van der Waals surface area contributed by atoms with Gasteiger partial charge in [-0.1, -0.05) is 13.3 Å². The third kappa shape index (κ3) is 3.54. The second-order valence-electron chi connectivity index (χ2n) is 4.14. The molecule has 0 fully saturated rings. The van der Waals surface area contributed by atoms with E-state index in [1.807, 2.05) is 6.07 Å². The standard InChI is InChI=1S/C14H16N2O2S/c1-3-5-11(13-8-7-10(2)19-13)15-16-14(17)12-6-4-9-18-12/h4,6-9H,3,5H2,1-2H3,(H,16,17)/b15-11+. The number of hydrogen-bond donors (Lipinski definition) is 1. The predicted molar refractivity (Wildman–Crippen MR) is 76.7 cm³/mol. The van der Waals surface area contributed by atoms with Crippen molar-refractivity contribution in [2.24, 2.45) is 5.10 Å². The Morgan fingerprint density at radius 1 is 1.42 bits per heavy atom. The highest BCUT2D eigenvalue weighted by Gasteiger charge is 2.09. The maximum Gasteiger partial charge on any atom is 0.307 e.